The molecule has 3 saturated heterocycles. The smallest absolute Gasteiger partial charge is 0.0807 e. The molecule has 0 amide bonds. The van der Waals surface area contributed by atoms with Crippen LogP contribution < -0.4 is 0 Å². The van der Waals surface area contributed by atoms with Crippen LogP contribution in [0.5, 0.6) is 0 Å². The van der Waals surface area contributed by atoms with Crippen molar-refractivity contribution in [3.63, 3.8) is 0 Å². The molecule has 0 aromatic heterocycles. The van der Waals surface area contributed by atoms with Gasteiger partial charge in [-0.3, -0.25) is 4.90 Å². The van der Waals surface area contributed by atoms with E-state index < -0.39 is 0 Å². The summed E-state index contributed by atoms with van der Waals surface area (Å²) in [6.45, 7) is 9.39. The van der Waals surface area contributed by atoms with E-state index in [1.807, 2.05) is 0 Å². The van der Waals surface area contributed by atoms with Crippen molar-refractivity contribution in [2.75, 3.05) is 66.6 Å². The first-order valence-electron chi connectivity index (χ1n) is 7.38. The third-order valence-corrected chi connectivity index (χ3v) is 5.04. The van der Waals surface area contributed by atoms with Crippen molar-refractivity contribution in [2.24, 2.45) is 5.92 Å². The number of rotatable bonds is 2. The lowest BCUT2D eigenvalue weighted by Gasteiger charge is -2.55. The fourth-order valence-corrected chi connectivity index (χ4v) is 3.66. The Kier molecular flexibility index (Phi) is 3.63. The second-order valence-corrected chi connectivity index (χ2v) is 6.65. The summed E-state index contributed by atoms with van der Waals surface area (Å²) < 4.78 is 5.52. The van der Waals surface area contributed by atoms with Crippen LogP contribution in [0.15, 0.2) is 0 Å². The number of hydrogen-bond acceptors (Lipinski definition) is 4. The normalized spacial score (nSPS) is 31.7. The molecule has 0 aliphatic carbocycles. The lowest BCUT2D eigenvalue weighted by Crippen LogP contribution is -2.71. The van der Waals surface area contributed by atoms with E-state index in [9.17, 15) is 0 Å². The van der Waals surface area contributed by atoms with E-state index in [2.05, 4.69) is 28.8 Å². The fourth-order valence-electron chi connectivity index (χ4n) is 3.66. The van der Waals surface area contributed by atoms with E-state index in [0.29, 0.717) is 5.54 Å². The molecule has 3 heterocycles. The summed E-state index contributed by atoms with van der Waals surface area (Å²) in [6, 6.07) is 0. The van der Waals surface area contributed by atoms with Crippen LogP contribution in [-0.2, 0) is 4.74 Å². The minimum Gasteiger partial charge on any atom is -0.377 e. The van der Waals surface area contributed by atoms with Crippen LogP contribution in [-0.4, -0.2) is 86.8 Å². The van der Waals surface area contributed by atoms with Crippen molar-refractivity contribution < 1.29 is 4.74 Å². The molecule has 0 saturated carbocycles. The molecule has 4 nitrogen and oxygen atoms in total. The van der Waals surface area contributed by atoms with Crippen molar-refractivity contribution in [3.05, 3.63) is 0 Å². The Hall–Kier alpha value is -0.160. The van der Waals surface area contributed by atoms with Crippen LogP contribution in [0.1, 0.15) is 12.8 Å². The Morgan fingerprint density at radius 2 is 1.72 bits per heavy atom. The SMILES string of the molecule is CN1CCC(CN2CCN(C)CC23COC3)CC1. The zero-order valence-electron chi connectivity index (χ0n) is 11.9. The molecule has 0 aromatic carbocycles. The Morgan fingerprint density at radius 3 is 2.33 bits per heavy atom. The average molecular weight is 253 g/mol. The van der Waals surface area contributed by atoms with Crippen LogP contribution in [0.4, 0.5) is 0 Å². The van der Waals surface area contributed by atoms with Gasteiger partial charge in [0.2, 0.25) is 0 Å². The Bertz CT molecular complexity index is 285. The van der Waals surface area contributed by atoms with Crippen LogP contribution in [0, 0.1) is 5.92 Å². The van der Waals surface area contributed by atoms with Gasteiger partial charge >= 0.3 is 0 Å². The maximum Gasteiger partial charge on any atom is 0.0807 e. The third kappa shape index (κ3) is 2.44. The summed E-state index contributed by atoms with van der Waals surface area (Å²) in [7, 11) is 4.49. The van der Waals surface area contributed by atoms with E-state index in [0.717, 1.165) is 19.1 Å². The first kappa shape index (κ1) is 12.9. The van der Waals surface area contributed by atoms with Gasteiger partial charge < -0.3 is 14.5 Å². The van der Waals surface area contributed by atoms with E-state index in [4.69, 9.17) is 4.74 Å². The highest BCUT2D eigenvalue weighted by Crippen LogP contribution is 2.31. The summed E-state index contributed by atoms with van der Waals surface area (Å²) in [5.41, 5.74) is 0.357. The minimum absolute atomic E-state index is 0.357. The van der Waals surface area contributed by atoms with Crippen molar-refractivity contribution in [1.82, 2.24) is 14.7 Å². The van der Waals surface area contributed by atoms with Gasteiger partial charge in [-0.1, -0.05) is 0 Å². The second-order valence-electron chi connectivity index (χ2n) is 6.65. The zero-order chi connectivity index (χ0) is 12.6. The van der Waals surface area contributed by atoms with Gasteiger partial charge in [-0.25, -0.2) is 0 Å². The van der Waals surface area contributed by atoms with Gasteiger partial charge in [-0.05, 0) is 45.9 Å². The quantitative estimate of drug-likeness (QED) is 0.706. The number of hydrogen-bond donors (Lipinski definition) is 0. The van der Waals surface area contributed by atoms with Gasteiger partial charge in [0.15, 0.2) is 0 Å². The van der Waals surface area contributed by atoms with Crippen LogP contribution in [0.2, 0.25) is 0 Å². The molecule has 3 aliphatic heterocycles. The van der Waals surface area contributed by atoms with Gasteiger partial charge in [-0.2, -0.15) is 0 Å². The summed E-state index contributed by atoms with van der Waals surface area (Å²) in [6.07, 6.45) is 2.75. The van der Waals surface area contributed by atoms with Crippen LogP contribution in [0.25, 0.3) is 0 Å². The monoisotopic (exact) mass is 253 g/mol. The lowest BCUT2D eigenvalue weighted by atomic mass is 9.88. The molecule has 3 aliphatic rings. The zero-order valence-corrected chi connectivity index (χ0v) is 11.9. The lowest BCUT2D eigenvalue weighted by molar-refractivity contribution is -0.170. The maximum absolute atomic E-state index is 5.52. The summed E-state index contributed by atoms with van der Waals surface area (Å²) >= 11 is 0. The molecular weight excluding hydrogens is 226 g/mol. The predicted molar refractivity (Wildman–Crippen MR) is 72.8 cm³/mol. The number of piperazine rings is 1. The van der Waals surface area contributed by atoms with E-state index in [-0.39, 0.29) is 0 Å². The van der Waals surface area contributed by atoms with Crippen molar-refractivity contribution in [2.45, 2.75) is 18.4 Å². The molecule has 0 bridgehead atoms. The molecule has 1 spiro atoms. The molecule has 104 valence electrons. The van der Waals surface area contributed by atoms with Crippen molar-refractivity contribution >= 4 is 0 Å². The van der Waals surface area contributed by atoms with Gasteiger partial charge in [0.05, 0.1) is 18.8 Å². The van der Waals surface area contributed by atoms with E-state index in [1.54, 1.807) is 0 Å². The molecular formula is C14H27N3O. The average Bonchev–Trinajstić information content (AvgIpc) is 2.32. The van der Waals surface area contributed by atoms with Gasteiger partial charge in [0.25, 0.3) is 0 Å². The number of ether oxygens (including phenoxy) is 1. The first-order chi connectivity index (χ1) is 8.68. The summed E-state index contributed by atoms with van der Waals surface area (Å²) in [5.74, 6) is 0.905. The summed E-state index contributed by atoms with van der Waals surface area (Å²) in [4.78, 5) is 7.67. The molecule has 0 atom stereocenters. The van der Waals surface area contributed by atoms with Crippen molar-refractivity contribution in [1.29, 1.82) is 0 Å². The van der Waals surface area contributed by atoms with Crippen LogP contribution in [0.3, 0.4) is 0 Å². The van der Waals surface area contributed by atoms with Crippen molar-refractivity contribution in [3.8, 4) is 0 Å². The topological polar surface area (TPSA) is 19.0 Å². The molecule has 0 aromatic rings. The standard InChI is InChI=1S/C14H27N3O/c1-15-5-3-13(4-6-15)9-17-8-7-16(2)10-14(17)11-18-12-14/h13H,3-12H2,1-2H3. The number of nitrogens with zero attached hydrogens (tertiary/aromatic N) is 3. The molecule has 4 heteroatoms. The number of likely N-dealkylation sites (tertiary alicyclic amines) is 1. The minimum atomic E-state index is 0.357. The molecule has 0 radical (unpaired) electrons. The molecule has 0 unspecified atom stereocenters. The van der Waals surface area contributed by atoms with Gasteiger partial charge in [0, 0.05) is 26.2 Å². The highest BCUT2D eigenvalue weighted by atomic mass is 16.5. The Labute approximate surface area is 111 Å². The molecule has 0 N–H and O–H groups in total. The summed E-state index contributed by atoms with van der Waals surface area (Å²) in [5, 5.41) is 0. The molecule has 18 heavy (non-hydrogen) atoms. The number of likely N-dealkylation sites (N-methyl/N-ethyl adjacent to an activating group) is 1. The van der Waals surface area contributed by atoms with Gasteiger partial charge in [0.1, 0.15) is 0 Å². The van der Waals surface area contributed by atoms with E-state index in [1.165, 1.54) is 52.1 Å². The first-order valence-corrected chi connectivity index (χ1v) is 7.38. The van der Waals surface area contributed by atoms with Gasteiger partial charge in [-0.15, -0.1) is 0 Å². The second kappa shape index (κ2) is 5.08. The highest BCUT2D eigenvalue weighted by molar-refractivity contribution is 5.02. The predicted octanol–water partition coefficient (Wildman–Crippen LogP) is 0.345. The molecule has 3 rings (SSSR count). The highest BCUT2D eigenvalue weighted by Gasteiger charge is 2.47. The fraction of sp³-hybridized carbons (Fsp3) is 1.00. The number of piperidine rings is 1. The molecule has 3 fully saturated rings. The third-order valence-electron chi connectivity index (χ3n) is 5.04. The van der Waals surface area contributed by atoms with E-state index >= 15 is 0 Å². The Balaban J connectivity index is 1.58. The largest absolute Gasteiger partial charge is 0.377 e. The Morgan fingerprint density at radius 1 is 1.00 bits per heavy atom. The maximum atomic E-state index is 5.52. The van der Waals surface area contributed by atoms with Crippen LogP contribution >= 0.6 is 0 Å².